The van der Waals surface area contributed by atoms with Crippen LogP contribution >= 0.6 is 0 Å². The number of aliphatic hydroxyl groups is 1. The number of amides is 2. The predicted octanol–water partition coefficient (Wildman–Crippen LogP) is 3.31. The van der Waals surface area contributed by atoms with Gasteiger partial charge in [0, 0.05) is 18.1 Å². The smallest absolute Gasteiger partial charge is 0.322 e. The van der Waals surface area contributed by atoms with Gasteiger partial charge in [0.25, 0.3) is 0 Å². The van der Waals surface area contributed by atoms with E-state index in [-0.39, 0.29) is 12.1 Å². The van der Waals surface area contributed by atoms with Crippen LogP contribution in [0.2, 0.25) is 0 Å². The molecule has 2 aromatic rings. The Morgan fingerprint density at radius 1 is 1.43 bits per heavy atom. The molecule has 0 spiro atoms. The highest BCUT2D eigenvalue weighted by Crippen LogP contribution is 2.29. The summed E-state index contributed by atoms with van der Waals surface area (Å²) in [7, 11) is 0. The van der Waals surface area contributed by atoms with Gasteiger partial charge in [-0.15, -0.1) is 0 Å². The number of nitrogens with one attached hydrogen (secondary N) is 1. The normalized spacial score (nSPS) is 18.4. The number of carbonyl (C=O) groups is 1. The molecule has 2 heterocycles. The average molecular weight is 313 g/mol. The Morgan fingerprint density at radius 3 is 2.96 bits per heavy atom. The van der Waals surface area contributed by atoms with Gasteiger partial charge in [0.1, 0.15) is 0 Å². The van der Waals surface area contributed by atoms with Crippen LogP contribution < -0.4 is 5.32 Å². The highest BCUT2D eigenvalue weighted by Gasteiger charge is 2.38. The topological polar surface area (TPSA) is 65.5 Å². The molecule has 2 N–H and O–H groups in total. The van der Waals surface area contributed by atoms with Gasteiger partial charge in [0.2, 0.25) is 0 Å². The van der Waals surface area contributed by atoms with Crippen LogP contribution in [-0.4, -0.2) is 39.2 Å². The van der Waals surface area contributed by atoms with Crippen LogP contribution in [0.15, 0.2) is 30.5 Å². The van der Waals surface area contributed by atoms with Gasteiger partial charge in [-0.1, -0.05) is 6.07 Å². The van der Waals surface area contributed by atoms with Crippen molar-refractivity contribution in [2.45, 2.75) is 45.3 Å². The lowest BCUT2D eigenvalue weighted by molar-refractivity contribution is 0.0117. The fourth-order valence-corrected chi connectivity index (χ4v) is 3.37. The first-order valence-electron chi connectivity index (χ1n) is 8.01. The van der Waals surface area contributed by atoms with Gasteiger partial charge in [-0.3, -0.25) is 4.98 Å². The van der Waals surface area contributed by atoms with E-state index >= 15 is 0 Å². The number of rotatable bonds is 2. The summed E-state index contributed by atoms with van der Waals surface area (Å²) in [4.78, 5) is 18.8. The van der Waals surface area contributed by atoms with Crippen molar-refractivity contribution in [1.82, 2.24) is 9.88 Å². The summed E-state index contributed by atoms with van der Waals surface area (Å²) < 4.78 is 0. The highest BCUT2D eigenvalue weighted by atomic mass is 16.3. The Kier molecular flexibility index (Phi) is 3.98. The van der Waals surface area contributed by atoms with Crippen molar-refractivity contribution in [2.75, 3.05) is 11.9 Å². The standard InChI is InChI=1S/C18H23N3O2/c1-12-10-13-6-4-8-19-16(13)14(11-12)20-17(22)21-9-5-7-15(21)18(2,3)23/h4,6,8,10-11,15,23H,5,7,9H2,1-3H3,(H,20,22)/t15-/m1/s1. The fraction of sp³-hybridized carbons (Fsp3) is 0.444. The molecule has 1 aliphatic rings. The number of carbonyl (C=O) groups excluding carboxylic acids is 1. The first-order valence-corrected chi connectivity index (χ1v) is 8.01. The molecule has 5 heteroatoms. The molecule has 1 aliphatic heterocycles. The van der Waals surface area contributed by atoms with Crippen LogP contribution in [0, 0.1) is 6.92 Å². The first kappa shape index (κ1) is 15.7. The Balaban J connectivity index is 1.89. The molecule has 1 fully saturated rings. The largest absolute Gasteiger partial charge is 0.388 e. The van der Waals surface area contributed by atoms with E-state index in [2.05, 4.69) is 10.3 Å². The number of urea groups is 1. The zero-order chi connectivity index (χ0) is 16.6. The molecule has 0 saturated carbocycles. The number of hydrogen-bond acceptors (Lipinski definition) is 3. The minimum Gasteiger partial charge on any atom is -0.388 e. The predicted molar refractivity (Wildman–Crippen MR) is 91.5 cm³/mol. The van der Waals surface area contributed by atoms with Gasteiger partial charge in [0.15, 0.2) is 0 Å². The van der Waals surface area contributed by atoms with E-state index in [1.54, 1.807) is 24.9 Å². The quantitative estimate of drug-likeness (QED) is 0.894. The van der Waals surface area contributed by atoms with Gasteiger partial charge in [-0.2, -0.15) is 0 Å². The van der Waals surface area contributed by atoms with E-state index in [1.165, 1.54) is 0 Å². The number of aryl methyl sites for hydroxylation is 1. The molecule has 1 saturated heterocycles. The van der Waals surface area contributed by atoms with Crippen LogP contribution in [0.5, 0.6) is 0 Å². The Hall–Kier alpha value is -2.14. The first-order chi connectivity index (χ1) is 10.9. The van der Waals surface area contributed by atoms with Gasteiger partial charge >= 0.3 is 6.03 Å². The second-order valence-electron chi connectivity index (χ2n) is 6.82. The molecule has 5 nitrogen and oxygen atoms in total. The second-order valence-corrected chi connectivity index (χ2v) is 6.82. The number of hydrogen-bond donors (Lipinski definition) is 2. The van der Waals surface area contributed by atoms with Crippen LogP contribution in [0.4, 0.5) is 10.5 Å². The highest BCUT2D eigenvalue weighted by molar-refractivity contribution is 6.00. The van der Waals surface area contributed by atoms with Crippen molar-refractivity contribution in [3.63, 3.8) is 0 Å². The van der Waals surface area contributed by atoms with Gasteiger partial charge in [-0.05, 0) is 57.4 Å². The van der Waals surface area contributed by atoms with Crippen LogP contribution in [0.1, 0.15) is 32.3 Å². The lowest BCUT2D eigenvalue weighted by Gasteiger charge is -2.33. The number of pyridine rings is 1. The monoisotopic (exact) mass is 313 g/mol. The maximum Gasteiger partial charge on any atom is 0.322 e. The minimum absolute atomic E-state index is 0.161. The van der Waals surface area contributed by atoms with Gasteiger partial charge < -0.3 is 15.3 Å². The molecule has 0 bridgehead atoms. The number of fused-ring (bicyclic) bond motifs is 1. The fourth-order valence-electron chi connectivity index (χ4n) is 3.37. The van der Waals surface area contributed by atoms with Crippen molar-refractivity contribution in [2.24, 2.45) is 0 Å². The summed E-state index contributed by atoms with van der Waals surface area (Å²) in [6.07, 6.45) is 3.46. The summed E-state index contributed by atoms with van der Waals surface area (Å²) in [5.74, 6) is 0. The summed E-state index contributed by atoms with van der Waals surface area (Å²) in [5, 5.41) is 14.3. The van der Waals surface area contributed by atoms with Crippen molar-refractivity contribution in [3.05, 3.63) is 36.0 Å². The molecule has 0 aliphatic carbocycles. The van der Waals surface area contributed by atoms with E-state index in [0.29, 0.717) is 12.2 Å². The van der Waals surface area contributed by atoms with Gasteiger partial charge in [0.05, 0.1) is 22.8 Å². The SMILES string of the molecule is Cc1cc(NC(=O)N2CCC[C@@H]2C(C)(C)O)c2ncccc2c1. The van der Waals surface area contributed by atoms with E-state index in [9.17, 15) is 9.90 Å². The number of nitrogens with zero attached hydrogens (tertiary/aromatic N) is 2. The molecule has 1 aromatic heterocycles. The van der Waals surface area contributed by atoms with Crippen molar-refractivity contribution >= 4 is 22.6 Å². The Morgan fingerprint density at radius 2 is 2.22 bits per heavy atom. The van der Waals surface area contributed by atoms with Crippen LogP contribution in [0.3, 0.4) is 0 Å². The molecular weight excluding hydrogens is 290 g/mol. The second kappa shape index (κ2) is 5.81. The molecule has 23 heavy (non-hydrogen) atoms. The lowest BCUT2D eigenvalue weighted by atomic mass is 9.97. The molecular formula is C18H23N3O2. The van der Waals surface area contributed by atoms with Crippen molar-refractivity contribution in [1.29, 1.82) is 0 Å². The summed E-state index contributed by atoms with van der Waals surface area (Å²) in [6, 6.07) is 7.52. The third kappa shape index (κ3) is 3.15. The molecule has 2 amide bonds. The minimum atomic E-state index is -0.902. The van der Waals surface area contributed by atoms with Gasteiger partial charge in [-0.25, -0.2) is 4.79 Å². The zero-order valence-electron chi connectivity index (χ0n) is 13.8. The molecule has 1 atom stereocenters. The Labute approximate surface area is 136 Å². The van der Waals surface area contributed by atoms with Crippen LogP contribution in [0.25, 0.3) is 10.9 Å². The van der Waals surface area contributed by atoms with Crippen molar-refractivity contribution < 1.29 is 9.90 Å². The Bertz CT molecular complexity index is 737. The maximum absolute atomic E-state index is 12.7. The zero-order valence-corrected chi connectivity index (χ0v) is 13.8. The third-order valence-electron chi connectivity index (χ3n) is 4.42. The third-order valence-corrected chi connectivity index (χ3v) is 4.42. The molecule has 1 aromatic carbocycles. The van der Waals surface area contributed by atoms with E-state index in [4.69, 9.17) is 0 Å². The van der Waals surface area contributed by atoms with E-state index in [1.807, 2.05) is 31.2 Å². The maximum atomic E-state index is 12.7. The molecule has 0 unspecified atom stereocenters. The number of anilines is 1. The summed E-state index contributed by atoms with van der Waals surface area (Å²) in [6.45, 7) is 6.18. The number of benzene rings is 1. The van der Waals surface area contributed by atoms with Crippen LogP contribution in [-0.2, 0) is 0 Å². The molecule has 3 rings (SSSR count). The molecule has 122 valence electrons. The van der Waals surface area contributed by atoms with E-state index in [0.717, 1.165) is 29.3 Å². The van der Waals surface area contributed by atoms with Crippen molar-refractivity contribution in [3.8, 4) is 0 Å². The summed E-state index contributed by atoms with van der Waals surface area (Å²) >= 11 is 0. The number of aromatic nitrogens is 1. The summed E-state index contributed by atoms with van der Waals surface area (Å²) in [5.41, 5.74) is 1.67. The van der Waals surface area contributed by atoms with E-state index < -0.39 is 5.60 Å². The average Bonchev–Trinajstić information content (AvgIpc) is 2.96. The molecule has 0 radical (unpaired) electrons. The number of likely N-dealkylation sites (tertiary alicyclic amines) is 1. The lowest BCUT2D eigenvalue weighted by Crippen LogP contribution is -2.49.